The molecular weight excluding hydrogens is 354 g/mol. The van der Waals surface area contributed by atoms with Crippen LogP contribution >= 0.6 is 11.6 Å². The summed E-state index contributed by atoms with van der Waals surface area (Å²) in [6, 6.07) is 10.5. The molecule has 1 N–H and O–H groups in total. The van der Waals surface area contributed by atoms with Crippen LogP contribution in [0.5, 0.6) is 5.75 Å². The second kappa shape index (κ2) is 8.19. The van der Waals surface area contributed by atoms with Gasteiger partial charge < -0.3 is 15.0 Å². The van der Waals surface area contributed by atoms with E-state index in [-0.39, 0.29) is 17.9 Å². The topological polar surface area (TPSA) is 71.5 Å². The molecule has 3 rings (SSSR count). The molecular formula is C19H20ClN3O3. The SMILES string of the molecule is CNC(=O)c1ccc(C(=O)N2CCC(Oc3ccc(Cl)cc3)CC2)cn1. The lowest BCUT2D eigenvalue weighted by atomic mass is 10.1. The Morgan fingerprint density at radius 1 is 1.15 bits per heavy atom. The fourth-order valence-corrected chi connectivity index (χ4v) is 2.97. The summed E-state index contributed by atoms with van der Waals surface area (Å²) in [4.78, 5) is 29.9. The number of nitrogens with one attached hydrogen (secondary N) is 1. The van der Waals surface area contributed by atoms with Crippen molar-refractivity contribution in [1.29, 1.82) is 0 Å². The molecule has 1 aliphatic heterocycles. The van der Waals surface area contributed by atoms with E-state index in [0.29, 0.717) is 29.4 Å². The van der Waals surface area contributed by atoms with Gasteiger partial charge in [0.05, 0.1) is 5.56 Å². The first-order valence-electron chi connectivity index (χ1n) is 8.46. The number of piperidine rings is 1. The van der Waals surface area contributed by atoms with E-state index in [2.05, 4.69) is 10.3 Å². The summed E-state index contributed by atoms with van der Waals surface area (Å²) < 4.78 is 5.95. The van der Waals surface area contributed by atoms with E-state index in [1.165, 1.54) is 6.20 Å². The Hall–Kier alpha value is -2.60. The number of likely N-dealkylation sites (tertiary alicyclic amines) is 1. The Labute approximate surface area is 157 Å². The number of ether oxygens (including phenoxy) is 1. The second-order valence-electron chi connectivity index (χ2n) is 6.07. The third-order valence-electron chi connectivity index (χ3n) is 4.32. The van der Waals surface area contributed by atoms with Gasteiger partial charge in [0.15, 0.2) is 0 Å². The molecule has 1 saturated heterocycles. The van der Waals surface area contributed by atoms with Gasteiger partial charge in [0.25, 0.3) is 11.8 Å². The number of carbonyl (C=O) groups is 2. The summed E-state index contributed by atoms with van der Waals surface area (Å²) in [7, 11) is 1.54. The van der Waals surface area contributed by atoms with Crippen molar-refractivity contribution in [2.45, 2.75) is 18.9 Å². The van der Waals surface area contributed by atoms with Crippen LogP contribution in [0.2, 0.25) is 5.02 Å². The normalized spacial score (nSPS) is 14.8. The Morgan fingerprint density at radius 3 is 2.42 bits per heavy atom. The number of halogens is 1. The lowest BCUT2D eigenvalue weighted by molar-refractivity contribution is 0.0594. The quantitative estimate of drug-likeness (QED) is 0.894. The maximum atomic E-state index is 12.6. The largest absolute Gasteiger partial charge is 0.490 e. The predicted molar refractivity (Wildman–Crippen MR) is 98.6 cm³/mol. The zero-order valence-corrected chi connectivity index (χ0v) is 15.2. The highest BCUT2D eigenvalue weighted by molar-refractivity contribution is 6.30. The van der Waals surface area contributed by atoms with E-state index in [4.69, 9.17) is 16.3 Å². The number of amides is 2. The fraction of sp³-hybridized carbons (Fsp3) is 0.316. The van der Waals surface area contributed by atoms with E-state index < -0.39 is 0 Å². The number of hydrogen-bond donors (Lipinski definition) is 1. The molecule has 2 aromatic rings. The molecule has 0 aliphatic carbocycles. The molecule has 2 amide bonds. The van der Waals surface area contributed by atoms with E-state index in [1.807, 2.05) is 12.1 Å². The lowest BCUT2D eigenvalue weighted by Gasteiger charge is -2.32. The lowest BCUT2D eigenvalue weighted by Crippen LogP contribution is -2.41. The number of carbonyl (C=O) groups excluding carboxylic acids is 2. The molecule has 0 saturated carbocycles. The minimum atomic E-state index is -0.274. The van der Waals surface area contributed by atoms with Crippen LogP contribution in [-0.2, 0) is 0 Å². The Bertz CT molecular complexity index is 770. The van der Waals surface area contributed by atoms with Crippen molar-refractivity contribution in [3.05, 3.63) is 58.9 Å². The van der Waals surface area contributed by atoms with E-state index >= 15 is 0 Å². The summed E-state index contributed by atoms with van der Waals surface area (Å²) in [6.07, 6.45) is 3.05. The molecule has 2 heterocycles. The molecule has 1 aliphatic rings. The highest BCUT2D eigenvalue weighted by atomic mass is 35.5. The van der Waals surface area contributed by atoms with Crippen molar-refractivity contribution >= 4 is 23.4 Å². The minimum absolute atomic E-state index is 0.0778. The number of aromatic nitrogens is 1. The van der Waals surface area contributed by atoms with Gasteiger partial charge in [-0.3, -0.25) is 14.6 Å². The summed E-state index contributed by atoms with van der Waals surface area (Å²) in [6.45, 7) is 1.24. The van der Waals surface area contributed by atoms with Crippen LogP contribution < -0.4 is 10.1 Å². The molecule has 0 bridgehead atoms. The van der Waals surface area contributed by atoms with Crippen LogP contribution in [-0.4, -0.2) is 47.9 Å². The smallest absolute Gasteiger partial charge is 0.269 e. The van der Waals surface area contributed by atoms with Gasteiger partial charge in [-0.05, 0) is 36.4 Å². The van der Waals surface area contributed by atoms with Crippen molar-refractivity contribution in [1.82, 2.24) is 15.2 Å². The van der Waals surface area contributed by atoms with Gasteiger partial charge in [-0.25, -0.2) is 0 Å². The maximum absolute atomic E-state index is 12.6. The first-order chi connectivity index (χ1) is 12.6. The van der Waals surface area contributed by atoms with E-state index in [9.17, 15) is 9.59 Å². The van der Waals surface area contributed by atoms with Crippen molar-refractivity contribution in [2.75, 3.05) is 20.1 Å². The van der Waals surface area contributed by atoms with Gasteiger partial charge in [0.2, 0.25) is 0 Å². The van der Waals surface area contributed by atoms with Crippen molar-refractivity contribution in [3.63, 3.8) is 0 Å². The van der Waals surface area contributed by atoms with Crippen LogP contribution in [0.3, 0.4) is 0 Å². The van der Waals surface area contributed by atoms with Gasteiger partial charge in [0, 0.05) is 44.2 Å². The molecule has 6 nitrogen and oxygen atoms in total. The van der Waals surface area contributed by atoms with Crippen LogP contribution in [0, 0.1) is 0 Å². The Balaban J connectivity index is 1.54. The number of nitrogens with zero attached hydrogens (tertiary/aromatic N) is 2. The Morgan fingerprint density at radius 2 is 1.85 bits per heavy atom. The third kappa shape index (κ3) is 4.32. The molecule has 136 valence electrons. The average molecular weight is 374 g/mol. The average Bonchev–Trinajstić information content (AvgIpc) is 2.69. The number of hydrogen-bond acceptors (Lipinski definition) is 4. The molecule has 0 spiro atoms. The van der Waals surface area contributed by atoms with Gasteiger partial charge in [0.1, 0.15) is 17.5 Å². The van der Waals surface area contributed by atoms with E-state index in [0.717, 1.165) is 18.6 Å². The second-order valence-corrected chi connectivity index (χ2v) is 6.51. The summed E-state index contributed by atoms with van der Waals surface area (Å²) in [5.41, 5.74) is 0.772. The summed E-state index contributed by atoms with van der Waals surface area (Å²) >= 11 is 5.87. The molecule has 26 heavy (non-hydrogen) atoms. The van der Waals surface area contributed by atoms with Crippen molar-refractivity contribution in [2.24, 2.45) is 0 Å². The fourth-order valence-electron chi connectivity index (χ4n) is 2.85. The zero-order chi connectivity index (χ0) is 18.5. The number of rotatable bonds is 4. The number of pyridine rings is 1. The molecule has 1 fully saturated rings. The Kier molecular flexibility index (Phi) is 5.73. The minimum Gasteiger partial charge on any atom is -0.490 e. The van der Waals surface area contributed by atoms with Gasteiger partial charge in [-0.2, -0.15) is 0 Å². The van der Waals surface area contributed by atoms with Crippen LogP contribution in [0.1, 0.15) is 33.7 Å². The van der Waals surface area contributed by atoms with Gasteiger partial charge >= 0.3 is 0 Å². The molecule has 0 atom stereocenters. The molecule has 7 heteroatoms. The predicted octanol–water partition coefficient (Wildman–Crippen LogP) is 2.78. The summed E-state index contributed by atoms with van der Waals surface area (Å²) in [5, 5.41) is 3.18. The number of benzene rings is 1. The maximum Gasteiger partial charge on any atom is 0.269 e. The first-order valence-corrected chi connectivity index (χ1v) is 8.84. The molecule has 1 aromatic heterocycles. The third-order valence-corrected chi connectivity index (χ3v) is 4.57. The van der Waals surface area contributed by atoms with E-state index in [1.54, 1.807) is 36.2 Å². The highest BCUT2D eigenvalue weighted by Crippen LogP contribution is 2.21. The van der Waals surface area contributed by atoms with Crippen LogP contribution in [0.25, 0.3) is 0 Å². The van der Waals surface area contributed by atoms with Crippen molar-refractivity contribution in [3.8, 4) is 5.75 Å². The molecule has 0 unspecified atom stereocenters. The van der Waals surface area contributed by atoms with Crippen molar-refractivity contribution < 1.29 is 14.3 Å². The first kappa shape index (κ1) is 18.2. The summed E-state index contributed by atoms with van der Waals surface area (Å²) in [5.74, 6) is 0.434. The van der Waals surface area contributed by atoms with Gasteiger partial charge in [-0.15, -0.1) is 0 Å². The zero-order valence-electron chi connectivity index (χ0n) is 14.4. The molecule has 1 aromatic carbocycles. The highest BCUT2D eigenvalue weighted by Gasteiger charge is 2.25. The monoisotopic (exact) mass is 373 g/mol. The van der Waals surface area contributed by atoms with Crippen LogP contribution in [0.4, 0.5) is 0 Å². The van der Waals surface area contributed by atoms with Crippen LogP contribution in [0.15, 0.2) is 42.6 Å². The standard InChI is InChI=1S/C19H20ClN3O3/c1-21-18(24)17-7-2-13(12-22-17)19(25)23-10-8-16(9-11-23)26-15-5-3-14(20)4-6-15/h2-7,12,16H,8-11H2,1H3,(H,21,24). The molecule has 0 radical (unpaired) electrons. The van der Waals surface area contributed by atoms with Gasteiger partial charge in [-0.1, -0.05) is 11.6 Å².